The minimum Gasteiger partial charge on any atom is -0.368 e. The van der Waals surface area contributed by atoms with Gasteiger partial charge in [-0.2, -0.15) is 0 Å². The molecule has 0 aliphatic carbocycles. The number of carbonyl (C=O) groups is 2. The summed E-state index contributed by atoms with van der Waals surface area (Å²) in [7, 11) is 0. The molecule has 0 saturated carbocycles. The fourth-order valence-electron chi connectivity index (χ4n) is 2.34. The van der Waals surface area contributed by atoms with Crippen molar-refractivity contribution < 1.29 is 14.0 Å². The van der Waals surface area contributed by atoms with Crippen molar-refractivity contribution in [2.75, 3.05) is 13.1 Å². The number of hydrogen-bond donors (Lipinski definition) is 3. The van der Waals surface area contributed by atoms with Crippen LogP contribution in [0.4, 0.5) is 4.39 Å². The number of primary amides is 1. The highest BCUT2D eigenvalue weighted by molar-refractivity contribution is 5.81. The second kappa shape index (κ2) is 8.79. The van der Waals surface area contributed by atoms with Crippen molar-refractivity contribution in [3.63, 3.8) is 0 Å². The molecule has 0 aliphatic rings. The molecule has 6 heteroatoms. The van der Waals surface area contributed by atoms with Gasteiger partial charge in [0, 0.05) is 13.1 Å². The van der Waals surface area contributed by atoms with Crippen LogP contribution in [-0.4, -0.2) is 24.9 Å². The van der Waals surface area contributed by atoms with Gasteiger partial charge in [-0.25, -0.2) is 4.39 Å². The molecular formula is C18H20FN3O2. The lowest BCUT2D eigenvalue weighted by molar-refractivity contribution is -0.120. The Bertz CT molecular complexity index is 692. The molecule has 0 unspecified atom stereocenters. The van der Waals surface area contributed by atoms with E-state index in [2.05, 4.69) is 10.6 Å². The van der Waals surface area contributed by atoms with Crippen LogP contribution in [0, 0.1) is 5.82 Å². The predicted octanol–water partition coefficient (Wildman–Crippen LogP) is 1.30. The van der Waals surface area contributed by atoms with E-state index >= 15 is 0 Å². The van der Waals surface area contributed by atoms with Crippen LogP contribution < -0.4 is 16.4 Å². The summed E-state index contributed by atoms with van der Waals surface area (Å²) in [4.78, 5) is 23.4. The topological polar surface area (TPSA) is 84.2 Å². The Kier molecular flexibility index (Phi) is 6.45. The Balaban J connectivity index is 1.77. The van der Waals surface area contributed by atoms with E-state index in [1.54, 1.807) is 12.1 Å². The van der Waals surface area contributed by atoms with Gasteiger partial charge in [0.1, 0.15) is 11.9 Å². The fraction of sp³-hybridized carbons (Fsp3) is 0.222. The van der Waals surface area contributed by atoms with Crippen LogP contribution in [0.25, 0.3) is 0 Å². The van der Waals surface area contributed by atoms with Crippen molar-refractivity contribution in [3.8, 4) is 0 Å². The molecule has 0 saturated heterocycles. The summed E-state index contributed by atoms with van der Waals surface area (Å²) in [6.45, 7) is 0.724. The molecule has 0 aliphatic heterocycles. The SMILES string of the molecule is NC(=O)[C@H](NCCNC(=O)Cc1cccc(F)c1)c1ccccc1. The second-order valence-corrected chi connectivity index (χ2v) is 5.36. The lowest BCUT2D eigenvalue weighted by Gasteiger charge is -2.16. The smallest absolute Gasteiger partial charge is 0.239 e. The van der Waals surface area contributed by atoms with E-state index in [-0.39, 0.29) is 18.1 Å². The lowest BCUT2D eigenvalue weighted by atomic mass is 10.1. The van der Waals surface area contributed by atoms with E-state index in [9.17, 15) is 14.0 Å². The molecule has 0 fully saturated rings. The number of nitrogens with one attached hydrogen (secondary N) is 2. The molecular weight excluding hydrogens is 309 g/mol. The van der Waals surface area contributed by atoms with Crippen molar-refractivity contribution in [1.82, 2.24) is 10.6 Å². The first-order valence-corrected chi connectivity index (χ1v) is 7.65. The Morgan fingerprint density at radius 3 is 2.46 bits per heavy atom. The van der Waals surface area contributed by atoms with E-state index in [1.165, 1.54) is 12.1 Å². The molecule has 0 bridgehead atoms. The molecule has 0 radical (unpaired) electrons. The Morgan fingerprint density at radius 1 is 1.04 bits per heavy atom. The van der Waals surface area contributed by atoms with Crippen LogP contribution >= 0.6 is 0 Å². The largest absolute Gasteiger partial charge is 0.368 e. The third kappa shape index (κ3) is 5.48. The highest BCUT2D eigenvalue weighted by atomic mass is 19.1. The number of carbonyl (C=O) groups excluding carboxylic acids is 2. The first-order valence-electron chi connectivity index (χ1n) is 7.65. The summed E-state index contributed by atoms with van der Waals surface area (Å²) in [5.41, 5.74) is 6.79. The third-order valence-electron chi connectivity index (χ3n) is 3.47. The summed E-state index contributed by atoms with van der Waals surface area (Å²) >= 11 is 0. The summed E-state index contributed by atoms with van der Waals surface area (Å²) in [6.07, 6.45) is 0.107. The van der Waals surface area contributed by atoms with Gasteiger partial charge in [-0.1, -0.05) is 42.5 Å². The van der Waals surface area contributed by atoms with Crippen LogP contribution in [-0.2, 0) is 16.0 Å². The fourth-order valence-corrected chi connectivity index (χ4v) is 2.34. The van der Waals surface area contributed by atoms with Gasteiger partial charge in [0.25, 0.3) is 0 Å². The number of nitrogens with two attached hydrogens (primary N) is 1. The van der Waals surface area contributed by atoms with Crippen LogP contribution in [0.2, 0.25) is 0 Å². The monoisotopic (exact) mass is 329 g/mol. The highest BCUT2D eigenvalue weighted by Gasteiger charge is 2.16. The van der Waals surface area contributed by atoms with Crippen molar-refractivity contribution in [1.29, 1.82) is 0 Å². The lowest BCUT2D eigenvalue weighted by Crippen LogP contribution is -2.39. The second-order valence-electron chi connectivity index (χ2n) is 5.36. The maximum atomic E-state index is 13.1. The van der Waals surface area contributed by atoms with Gasteiger partial charge in [-0.3, -0.25) is 9.59 Å². The molecule has 2 aromatic rings. The third-order valence-corrected chi connectivity index (χ3v) is 3.47. The first-order chi connectivity index (χ1) is 11.6. The number of rotatable bonds is 8. The van der Waals surface area contributed by atoms with Gasteiger partial charge in [0.05, 0.1) is 6.42 Å². The minimum absolute atomic E-state index is 0.107. The molecule has 1 atom stereocenters. The standard InChI is InChI=1S/C18H20FN3O2/c19-15-8-4-5-13(11-15)12-16(23)21-9-10-22-17(18(20)24)14-6-2-1-3-7-14/h1-8,11,17,22H,9-10,12H2,(H2,20,24)(H,21,23)/t17-/m1/s1. The van der Waals surface area contributed by atoms with E-state index in [0.717, 1.165) is 5.56 Å². The predicted molar refractivity (Wildman–Crippen MR) is 89.5 cm³/mol. The number of halogens is 1. The number of benzene rings is 2. The Morgan fingerprint density at radius 2 is 1.79 bits per heavy atom. The van der Waals surface area contributed by atoms with Crippen molar-refractivity contribution in [3.05, 3.63) is 71.5 Å². The average molecular weight is 329 g/mol. The zero-order valence-electron chi connectivity index (χ0n) is 13.2. The van der Waals surface area contributed by atoms with E-state index in [0.29, 0.717) is 18.7 Å². The summed E-state index contributed by atoms with van der Waals surface area (Å²) in [5.74, 6) is -1.06. The maximum absolute atomic E-state index is 13.1. The van der Waals surface area contributed by atoms with Crippen molar-refractivity contribution >= 4 is 11.8 Å². The number of amides is 2. The van der Waals surface area contributed by atoms with E-state index in [4.69, 9.17) is 5.73 Å². The summed E-state index contributed by atoms with van der Waals surface area (Å²) in [6, 6.07) is 14.4. The minimum atomic E-state index is -0.605. The molecule has 0 heterocycles. The van der Waals surface area contributed by atoms with Gasteiger partial charge in [-0.15, -0.1) is 0 Å². The van der Waals surface area contributed by atoms with Gasteiger partial charge in [-0.05, 0) is 23.3 Å². The zero-order chi connectivity index (χ0) is 17.4. The van der Waals surface area contributed by atoms with Gasteiger partial charge in [0.15, 0.2) is 0 Å². The van der Waals surface area contributed by atoms with E-state index in [1.807, 2.05) is 30.3 Å². The van der Waals surface area contributed by atoms with Crippen molar-refractivity contribution in [2.24, 2.45) is 5.73 Å². The van der Waals surface area contributed by atoms with Crippen LogP contribution in [0.5, 0.6) is 0 Å². The molecule has 2 amide bonds. The molecule has 0 aromatic heterocycles. The maximum Gasteiger partial charge on any atom is 0.239 e. The highest BCUT2D eigenvalue weighted by Crippen LogP contribution is 2.11. The molecule has 2 aromatic carbocycles. The summed E-state index contributed by atoms with van der Waals surface area (Å²) in [5, 5.41) is 5.73. The molecule has 5 nitrogen and oxygen atoms in total. The number of hydrogen-bond acceptors (Lipinski definition) is 3. The molecule has 24 heavy (non-hydrogen) atoms. The quantitative estimate of drug-likeness (QED) is 0.638. The Labute approximate surface area is 140 Å². The van der Waals surface area contributed by atoms with Crippen LogP contribution in [0.15, 0.2) is 54.6 Å². The van der Waals surface area contributed by atoms with Crippen molar-refractivity contribution in [2.45, 2.75) is 12.5 Å². The van der Waals surface area contributed by atoms with Gasteiger partial charge in [0.2, 0.25) is 11.8 Å². The molecule has 2 rings (SSSR count). The molecule has 4 N–H and O–H groups in total. The van der Waals surface area contributed by atoms with E-state index < -0.39 is 11.9 Å². The van der Waals surface area contributed by atoms with Gasteiger partial charge < -0.3 is 16.4 Å². The first kappa shape index (κ1) is 17.6. The van der Waals surface area contributed by atoms with Crippen LogP contribution in [0.3, 0.4) is 0 Å². The normalized spacial score (nSPS) is 11.7. The summed E-state index contributed by atoms with van der Waals surface area (Å²) < 4.78 is 13.1. The molecule has 0 spiro atoms. The van der Waals surface area contributed by atoms with Gasteiger partial charge >= 0.3 is 0 Å². The average Bonchev–Trinajstić information content (AvgIpc) is 2.55. The van der Waals surface area contributed by atoms with Crippen LogP contribution in [0.1, 0.15) is 17.2 Å². The zero-order valence-corrected chi connectivity index (χ0v) is 13.2. The Hall–Kier alpha value is -2.73. The molecule has 126 valence electrons.